The van der Waals surface area contributed by atoms with E-state index in [1.165, 1.54) is 4.57 Å². The number of carbonyl (C=O) groups is 1. The lowest BCUT2D eigenvalue weighted by atomic mass is 9.75. The van der Waals surface area contributed by atoms with Crippen molar-refractivity contribution >= 4 is 23.2 Å². The Hall–Kier alpha value is -5.16. The minimum absolute atomic E-state index is 0.161. The van der Waals surface area contributed by atoms with Gasteiger partial charge < -0.3 is 10.1 Å². The van der Waals surface area contributed by atoms with Gasteiger partial charge in [0.1, 0.15) is 0 Å². The molecule has 0 aliphatic carbocycles. The molecule has 0 saturated carbocycles. The summed E-state index contributed by atoms with van der Waals surface area (Å²) in [7, 11) is 0. The van der Waals surface area contributed by atoms with E-state index in [-0.39, 0.29) is 17.6 Å². The number of thiocarbonyl (C=S) groups is 1. The van der Waals surface area contributed by atoms with Crippen molar-refractivity contribution < 1.29 is 9.53 Å². The van der Waals surface area contributed by atoms with E-state index in [4.69, 9.17) is 17.0 Å². The van der Waals surface area contributed by atoms with Gasteiger partial charge in [-0.25, -0.2) is 4.79 Å². The number of hydrogen-bond acceptors (Lipinski definition) is 6. The van der Waals surface area contributed by atoms with Gasteiger partial charge in [0.15, 0.2) is 11.3 Å². The molecule has 47 heavy (non-hydrogen) atoms. The number of aromatic nitrogens is 2. The summed E-state index contributed by atoms with van der Waals surface area (Å²) in [5.74, 6) is -0.321. The minimum Gasteiger partial charge on any atom is -0.360 e. The number of rotatable bonds is 8. The van der Waals surface area contributed by atoms with Crippen LogP contribution in [0.3, 0.4) is 0 Å². The van der Waals surface area contributed by atoms with Crippen molar-refractivity contribution in [2.45, 2.75) is 24.8 Å². The van der Waals surface area contributed by atoms with Crippen molar-refractivity contribution in [2.24, 2.45) is 0 Å². The minimum atomic E-state index is -0.785. The molecule has 2 heterocycles. The first-order valence-corrected chi connectivity index (χ1v) is 15.8. The largest absolute Gasteiger partial charge is 0.360 e. The Balaban J connectivity index is 1.41. The maximum absolute atomic E-state index is 13.2. The van der Waals surface area contributed by atoms with Crippen molar-refractivity contribution in [1.29, 1.82) is 0 Å². The summed E-state index contributed by atoms with van der Waals surface area (Å²) in [4.78, 5) is 43.0. The molecular weight excluding hydrogens is 611 g/mol. The number of amides is 1. The normalized spacial score (nSPS) is 16.7. The third-order valence-corrected chi connectivity index (χ3v) is 8.66. The molecule has 0 bridgehead atoms. The second-order valence-corrected chi connectivity index (χ2v) is 11.8. The van der Waals surface area contributed by atoms with E-state index >= 15 is 0 Å². The highest BCUT2D eigenvalue weighted by atomic mass is 32.1. The van der Waals surface area contributed by atoms with Crippen molar-refractivity contribution in [1.82, 2.24) is 25.1 Å². The molecule has 1 aliphatic rings. The molecule has 1 fully saturated rings. The Kier molecular flexibility index (Phi) is 9.53. The topological polar surface area (TPSA) is 108 Å². The molecule has 1 amide bonds. The van der Waals surface area contributed by atoms with Gasteiger partial charge >= 0.3 is 5.69 Å². The second kappa shape index (κ2) is 14.1. The lowest BCUT2D eigenvalue weighted by Crippen LogP contribution is -2.59. The summed E-state index contributed by atoms with van der Waals surface area (Å²) in [5.41, 5.74) is 2.22. The van der Waals surface area contributed by atoms with Gasteiger partial charge in [-0.05, 0) is 48.0 Å². The van der Waals surface area contributed by atoms with Gasteiger partial charge in [-0.15, -0.1) is 0 Å². The van der Waals surface area contributed by atoms with Crippen molar-refractivity contribution in [3.05, 3.63) is 176 Å². The van der Waals surface area contributed by atoms with Gasteiger partial charge in [-0.3, -0.25) is 29.4 Å². The molecular formula is C37H35N5O4S. The Morgan fingerprint density at radius 1 is 0.830 bits per heavy atom. The molecule has 2 atom stereocenters. The number of aryl methyl sites for hydroxylation is 1. The van der Waals surface area contributed by atoms with Gasteiger partial charge in [0.05, 0.1) is 11.6 Å². The predicted octanol–water partition coefficient (Wildman–Crippen LogP) is 4.34. The lowest BCUT2D eigenvalue weighted by molar-refractivity contribution is -0.136. The van der Waals surface area contributed by atoms with Crippen LogP contribution in [0.25, 0.3) is 0 Å². The maximum Gasteiger partial charge on any atom is 0.330 e. The summed E-state index contributed by atoms with van der Waals surface area (Å²) in [6.45, 7) is 2.65. The number of morpholine rings is 1. The first kappa shape index (κ1) is 31.8. The number of nitrogens with one attached hydrogen (secondary N) is 3. The average molecular weight is 646 g/mol. The zero-order valence-electron chi connectivity index (χ0n) is 25.8. The van der Waals surface area contributed by atoms with E-state index < -0.39 is 29.1 Å². The Morgan fingerprint density at radius 3 is 1.87 bits per heavy atom. The van der Waals surface area contributed by atoms with E-state index in [0.29, 0.717) is 24.2 Å². The van der Waals surface area contributed by atoms with Gasteiger partial charge in [-0.2, -0.15) is 0 Å². The lowest BCUT2D eigenvalue weighted by Gasteiger charge is -2.50. The molecule has 0 spiro atoms. The fraction of sp³-hybridized carbons (Fsp3) is 0.189. The van der Waals surface area contributed by atoms with Crippen molar-refractivity contribution in [3.8, 4) is 0 Å². The maximum atomic E-state index is 13.2. The van der Waals surface area contributed by atoms with E-state index in [2.05, 4.69) is 56.9 Å². The summed E-state index contributed by atoms with van der Waals surface area (Å²) < 4.78 is 8.03. The standard InChI is InChI=1S/C37H35N5O4S/c1-26-23-42(36(45)40-33(26)43)32-25-41(24-31(46-32)22-38-35(47)39-34(44)27-14-6-2-7-15-27)37(28-16-8-3-9-17-28,29-18-10-4-11-19-29)30-20-12-5-13-21-30/h2-21,23,31-32H,22,24-25H2,1H3,(H,40,43,45)(H2,38,39,44,47). The quantitative estimate of drug-likeness (QED) is 0.170. The number of aromatic amines is 1. The molecule has 0 radical (unpaired) electrons. The van der Waals surface area contributed by atoms with Crippen LogP contribution in [0.15, 0.2) is 137 Å². The first-order chi connectivity index (χ1) is 22.9. The smallest absolute Gasteiger partial charge is 0.330 e. The Morgan fingerprint density at radius 2 is 1.34 bits per heavy atom. The second-order valence-electron chi connectivity index (χ2n) is 11.4. The van der Waals surface area contributed by atoms with Gasteiger partial charge in [-0.1, -0.05) is 109 Å². The molecule has 1 aliphatic heterocycles. The molecule has 238 valence electrons. The van der Waals surface area contributed by atoms with E-state index in [1.807, 2.05) is 60.7 Å². The van der Waals surface area contributed by atoms with Crippen LogP contribution in [-0.4, -0.2) is 51.2 Å². The van der Waals surface area contributed by atoms with E-state index in [9.17, 15) is 14.4 Å². The number of ether oxygens (including phenoxy) is 1. The summed E-state index contributed by atoms with van der Waals surface area (Å²) in [6.07, 6.45) is 0.288. The highest BCUT2D eigenvalue weighted by Crippen LogP contribution is 2.44. The monoisotopic (exact) mass is 645 g/mol. The van der Waals surface area contributed by atoms with E-state index in [1.54, 1.807) is 37.4 Å². The molecule has 9 nitrogen and oxygen atoms in total. The van der Waals surface area contributed by atoms with Crippen LogP contribution in [-0.2, 0) is 10.3 Å². The zero-order valence-corrected chi connectivity index (χ0v) is 26.7. The van der Waals surface area contributed by atoms with Gasteiger partial charge in [0.25, 0.3) is 11.5 Å². The van der Waals surface area contributed by atoms with Crippen LogP contribution >= 0.6 is 12.2 Å². The van der Waals surface area contributed by atoms with Gasteiger partial charge in [0, 0.05) is 37.0 Å². The van der Waals surface area contributed by atoms with E-state index in [0.717, 1.165) is 16.7 Å². The molecule has 3 N–H and O–H groups in total. The number of carbonyl (C=O) groups excluding carboxylic acids is 1. The van der Waals surface area contributed by atoms with Crippen LogP contribution in [0.1, 0.15) is 38.8 Å². The van der Waals surface area contributed by atoms with Crippen LogP contribution in [0.4, 0.5) is 0 Å². The molecule has 10 heteroatoms. The Labute approximate surface area is 277 Å². The fourth-order valence-corrected chi connectivity index (χ4v) is 6.43. The number of nitrogens with zero attached hydrogens (tertiary/aromatic N) is 2. The third kappa shape index (κ3) is 6.71. The van der Waals surface area contributed by atoms with Crippen LogP contribution < -0.4 is 21.9 Å². The first-order valence-electron chi connectivity index (χ1n) is 15.4. The Bertz CT molecular complexity index is 1850. The molecule has 5 aromatic rings. The zero-order chi connectivity index (χ0) is 32.8. The van der Waals surface area contributed by atoms with Crippen LogP contribution in [0.2, 0.25) is 0 Å². The van der Waals surface area contributed by atoms with Crippen LogP contribution in [0.5, 0.6) is 0 Å². The number of hydrogen-bond donors (Lipinski definition) is 3. The summed E-state index contributed by atoms with van der Waals surface area (Å²) >= 11 is 5.50. The summed E-state index contributed by atoms with van der Waals surface area (Å²) in [6, 6.07) is 39.6. The van der Waals surface area contributed by atoms with Crippen molar-refractivity contribution in [2.75, 3.05) is 19.6 Å². The highest BCUT2D eigenvalue weighted by Gasteiger charge is 2.46. The number of H-pyrrole nitrogens is 1. The van der Waals surface area contributed by atoms with Gasteiger partial charge in [0.2, 0.25) is 0 Å². The highest BCUT2D eigenvalue weighted by molar-refractivity contribution is 7.80. The summed E-state index contributed by atoms with van der Waals surface area (Å²) in [5, 5.41) is 6.05. The molecule has 6 rings (SSSR count). The predicted molar refractivity (Wildman–Crippen MR) is 185 cm³/mol. The average Bonchev–Trinajstić information content (AvgIpc) is 3.11. The molecule has 2 unspecified atom stereocenters. The number of benzene rings is 4. The molecule has 1 aromatic heterocycles. The molecule has 4 aromatic carbocycles. The molecule has 1 saturated heterocycles. The third-order valence-electron chi connectivity index (χ3n) is 8.41. The van der Waals surface area contributed by atoms with Crippen molar-refractivity contribution in [3.63, 3.8) is 0 Å². The van der Waals surface area contributed by atoms with Crippen LogP contribution in [0, 0.1) is 6.92 Å². The fourth-order valence-electron chi connectivity index (χ4n) is 6.26. The SMILES string of the molecule is Cc1cn(C2CN(C(c3ccccc3)(c3ccccc3)c3ccccc3)CC(CNC(=S)NC(=O)c3ccccc3)O2)c(=O)[nH]c1=O.